The van der Waals surface area contributed by atoms with Gasteiger partial charge in [0, 0.05) is 26.6 Å². The molecule has 1 aromatic heterocycles. The van der Waals surface area contributed by atoms with Crippen LogP contribution in [0.15, 0.2) is 35.6 Å². The molecule has 0 unspecified atom stereocenters. The Morgan fingerprint density at radius 2 is 1.91 bits per heavy atom. The molecule has 8 heteroatoms. The average molecular weight is 464 g/mol. The molecule has 1 heterocycles. The second-order valence-corrected chi connectivity index (χ2v) is 11.1. The first kappa shape index (κ1) is 26.1. The van der Waals surface area contributed by atoms with Crippen LogP contribution in [0.2, 0.25) is 0 Å². The van der Waals surface area contributed by atoms with Crippen molar-refractivity contribution in [3.8, 4) is 0 Å². The number of nitrogens with zero attached hydrogens (tertiary/aromatic N) is 3. The fourth-order valence-corrected chi connectivity index (χ4v) is 5.07. The van der Waals surface area contributed by atoms with Gasteiger partial charge in [0.05, 0.1) is 30.8 Å². The molecular weight excluding hydrogens is 426 g/mol. The van der Waals surface area contributed by atoms with Crippen molar-refractivity contribution in [2.45, 2.75) is 65.0 Å². The third-order valence-corrected chi connectivity index (χ3v) is 6.62. The molecule has 0 aliphatic heterocycles. The van der Waals surface area contributed by atoms with Crippen molar-refractivity contribution in [2.75, 3.05) is 20.3 Å². The zero-order chi connectivity index (χ0) is 23.9. The van der Waals surface area contributed by atoms with Gasteiger partial charge >= 0.3 is 0 Å². The first-order valence-electron chi connectivity index (χ1n) is 11.1. The lowest BCUT2D eigenvalue weighted by atomic mass is 10.1. The van der Waals surface area contributed by atoms with Gasteiger partial charge in [-0.2, -0.15) is 0 Å². The predicted octanol–water partition coefficient (Wildman–Crippen LogP) is 3.84. The molecular formula is C24H37N3O4S. The molecule has 1 amide bonds. The molecule has 0 fully saturated rings. The molecule has 1 aromatic carbocycles. The van der Waals surface area contributed by atoms with Crippen LogP contribution in [0, 0.1) is 18.8 Å². The maximum absolute atomic E-state index is 13.3. The zero-order valence-corrected chi connectivity index (χ0v) is 21.0. The Bertz CT molecular complexity index is 996. The number of carbonyl (C=O) groups is 1. The highest BCUT2D eigenvalue weighted by atomic mass is 32.2. The smallest absolute Gasteiger partial charge is 0.228 e. The van der Waals surface area contributed by atoms with E-state index in [1.54, 1.807) is 22.8 Å². The minimum atomic E-state index is -3.65. The number of aryl methyl sites for hydroxylation is 1. The highest BCUT2D eigenvalue weighted by molar-refractivity contribution is 7.90. The van der Waals surface area contributed by atoms with Gasteiger partial charge in [0.2, 0.25) is 20.9 Å². The van der Waals surface area contributed by atoms with E-state index in [0.717, 1.165) is 16.8 Å². The lowest BCUT2D eigenvalue weighted by Gasteiger charge is -2.24. The normalized spacial score (nSPS) is 12.0. The first-order valence-corrected chi connectivity index (χ1v) is 12.8. The SMILES string of the molecule is COCCN(Cc1cnc(S(=O)(=O)Cc2cccc(C)c2)n1CC(C)C)C(=O)CC(C)C. The van der Waals surface area contributed by atoms with E-state index in [1.165, 1.54) is 0 Å². The van der Waals surface area contributed by atoms with Crippen molar-refractivity contribution in [1.82, 2.24) is 14.5 Å². The van der Waals surface area contributed by atoms with Crippen LogP contribution in [0.4, 0.5) is 0 Å². The Morgan fingerprint density at radius 1 is 1.19 bits per heavy atom. The molecule has 0 bridgehead atoms. The van der Waals surface area contributed by atoms with Crippen LogP contribution in [0.1, 0.15) is 50.9 Å². The van der Waals surface area contributed by atoms with Crippen LogP contribution in [0.25, 0.3) is 0 Å². The number of benzene rings is 1. The fraction of sp³-hybridized carbons (Fsp3) is 0.583. The van der Waals surface area contributed by atoms with E-state index in [-0.39, 0.29) is 28.7 Å². The van der Waals surface area contributed by atoms with Crippen LogP contribution >= 0.6 is 0 Å². The Morgan fingerprint density at radius 3 is 2.50 bits per heavy atom. The number of imidazole rings is 1. The summed E-state index contributed by atoms with van der Waals surface area (Å²) in [6.45, 7) is 11.7. The number of aromatic nitrogens is 2. The van der Waals surface area contributed by atoms with Gasteiger partial charge < -0.3 is 14.2 Å². The van der Waals surface area contributed by atoms with Gasteiger partial charge in [0.25, 0.3) is 0 Å². The van der Waals surface area contributed by atoms with Gasteiger partial charge in [-0.25, -0.2) is 13.4 Å². The van der Waals surface area contributed by atoms with E-state index >= 15 is 0 Å². The average Bonchev–Trinajstić information content (AvgIpc) is 3.06. The largest absolute Gasteiger partial charge is 0.383 e. The summed E-state index contributed by atoms with van der Waals surface area (Å²) in [6.07, 6.45) is 2.02. The molecule has 0 atom stereocenters. The number of rotatable bonds is 12. The standard InChI is InChI=1S/C24H37N3O4S/c1-18(2)12-23(28)26(10-11-31-6)16-22-14-25-24(27(22)15-19(3)4)32(29,30)17-21-9-7-8-20(5)13-21/h7-9,13-14,18-19H,10-12,15-17H2,1-6H3. The van der Waals surface area contributed by atoms with Crippen LogP contribution in [0.3, 0.4) is 0 Å². The Balaban J connectivity index is 2.38. The molecule has 2 aromatic rings. The third-order valence-electron chi connectivity index (χ3n) is 5.02. The summed E-state index contributed by atoms with van der Waals surface area (Å²) in [4.78, 5) is 18.8. The summed E-state index contributed by atoms with van der Waals surface area (Å²) < 4.78 is 33.5. The van der Waals surface area contributed by atoms with Crippen LogP contribution in [-0.2, 0) is 38.2 Å². The van der Waals surface area contributed by atoms with Gasteiger partial charge in [-0.05, 0) is 24.3 Å². The summed E-state index contributed by atoms with van der Waals surface area (Å²) >= 11 is 0. The van der Waals surface area contributed by atoms with Crippen molar-refractivity contribution < 1.29 is 17.9 Å². The summed E-state index contributed by atoms with van der Waals surface area (Å²) in [5, 5.41) is 0.0608. The number of sulfone groups is 1. The quantitative estimate of drug-likeness (QED) is 0.478. The minimum Gasteiger partial charge on any atom is -0.383 e. The predicted molar refractivity (Wildman–Crippen MR) is 126 cm³/mol. The molecule has 2 rings (SSSR count). The van der Waals surface area contributed by atoms with Gasteiger partial charge in [0.1, 0.15) is 0 Å². The molecule has 0 aliphatic carbocycles. The van der Waals surface area contributed by atoms with Gasteiger partial charge in [-0.1, -0.05) is 57.5 Å². The maximum Gasteiger partial charge on any atom is 0.228 e. The minimum absolute atomic E-state index is 0.0264. The topological polar surface area (TPSA) is 81.5 Å². The monoisotopic (exact) mass is 463 g/mol. The van der Waals surface area contributed by atoms with Gasteiger partial charge in [-0.3, -0.25) is 4.79 Å². The van der Waals surface area contributed by atoms with Crippen molar-refractivity contribution in [3.05, 3.63) is 47.3 Å². The molecule has 0 N–H and O–H groups in total. The molecule has 0 saturated heterocycles. The summed E-state index contributed by atoms with van der Waals surface area (Å²) in [6, 6.07) is 7.50. The van der Waals surface area contributed by atoms with Gasteiger partial charge in [-0.15, -0.1) is 0 Å². The lowest BCUT2D eigenvalue weighted by Crippen LogP contribution is -2.35. The van der Waals surface area contributed by atoms with E-state index < -0.39 is 9.84 Å². The number of amides is 1. The molecule has 0 radical (unpaired) electrons. The summed E-state index contributed by atoms with van der Waals surface area (Å²) in [7, 11) is -2.05. The van der Waals surface area contributed by atoms with Gasteiger partial charge in [0.15, 0.2) is 0 Å². The third kappa shape index (κ3) is 7.45. The molecule has 32 heavy (non-hydrogen) atoms. The highest BCUT2D eigenvalue weighted by Gasteiger charge is 2.26. The van der Waals surface area contributed by atoms with Crippen molar-refractivity contribution in [3.63, 3.8) is 0 Å². The van der Waals surface area contributed by atoms with E-state index in [1.807, 2.05) is 58.9 Å². The second kappa shape index (κ2) is 11.6. The fourth-order valence-electron chi connectivity index (χ4n) is 3.58. The van der Waals surface area contributed by atoms with E-state index in [9.17, 15) is 13.2 Å². The Hall–Kier alpha value is -2.19. The van der Waals surface area contributed by atoms with E-state index in [0.29, 0.717) is 32.7 Å². The summed E-state index contributed by atoms with van der Waals surface area (Å²) in [5.41, 5.74) is 2.47. The molecule has 0 spiro atoms. The van der Waals surface area contributed by atoms with Crippen molar-refractivity contribution in [1.29, 1.82) is 0 Å². The van der Waals surface area contributed by atoms with Crippen molar-refractivity contribution >= 4 is 15.7 Å². The number of ether oxygens (including phenoxy) is 1. The summed E-state index contributed by atoms with van der Waals surface area (Å²) in [5.74, 6) is 0.370. The molecule has 0 saturated carbocycles. The van der Waals surface area contributed by atoms with Crippen LogP contribution in [0.5, 0.6) is 0 Å². The number of methoxy groups -OCH3 is 1. The molecule has 178 valence electrons. The first-order chi connectivity index (χ1) is 15.0. The Labute approximate surface area is 192 Å². The number of hydrogen-bond acceptors (Lipinski definition) is 5. The molecule has 0 aliphatic rings. The second-order valence-electron chi connectivity index (χ2n) is 9.19. The van der Waals surface area contributed by atoms with E-state index in [4.69, 9.17) is 4.74 Å². The lowest BCUT2D eigenvalue weighted by molar-refractivity contribution is -0.133. The van der Waals surface area contributed by atoms with Crippen molar-refractivity contribution in [2.24, 2.45) is 11.8 Å². The Kier molecular flexibility index (Phi) is 9.46. The molecule has 7 nitrogen and oxygen atoms in total. The number of hydrogen-bond donors (Lipinski definition) is 0. The highest BCUT2D eigenvalue weighted by Crippen LogP contribution is 2.21. The zero-order valence-electron chi connectivity index (χ0n) is 20.2. The van der Waals surface area contributed by atoms with Crippen LogP contribution < -0.4 is 0 Å². The van der Waals surface area contributed by atoms with Crippen LogP contribution in [-0.4, -0.2) is 49.0 Å². The maximum atomic E-state index is 13.3. The van der Waals surface area contributed by atoms with E-state index in [2.05, 4.69) is 4.98 Å². The number of carbonyl (C=O) groups excluding carboxylic acids is 1.